The van der Waals surface area contributed by atoms with Crippen LogP contribution in [-0.4, -0.2) is 45.8 Å². The summed E-state index contributed by atoms with van der Waals surface area (Å²) in [5.41, 5.74) is 3.12. The van der Waals surface area contributed by atoms with Crippen molar-refractivity contribution in [3.63, 3.8) is 0 Å². The fraction of sp³-hybridized carbons (Fsp3) is 0.440. The van der Waals surface area contributed by atoms with E-state index in [-0.39, 0.29) is 24.0 Å². The molecular weight excluding hydrogens is 420 g/mol. The summed E-state index contributed by atoms with van der Waals surface area (Å²) < 4.78 is 16.3. The molecule has 2 aliphatic rings. The summed E-state index contributed by atoms with van der Waals surface area (Å²) in [5.74, 6) is 3.00. The lowest BCUT2D eigenvalue weighted by atomic mass is 9.88. The van der Waals surface area contributed by atoms with Crippen molar-refractivity contribution >= 4 is 5.91 Å². The van der Waals surface area contributed by atoms with E-state index in [1.165, 1.54) is 0 Å². The fourth-order valence-corrected chi connectivity index (χ4v) is 4.32. The minimum absolute atomic E-state index is 0.0101. The first-order valence-electron chi connectivity index (χ1n) is 11.3. The molecule has 0 spiro atoms. The largest absolute Gasteiger partial charge is 0.454 e. The number of amides is 1. The number of carbonyl (C=O) groups excluding carboxylic acids is 1. The number of piperidine rings is 1. The maximum absolute atomic E-state index is 13.1. The molecule has 8 nitrogen and oxygen atoms in total. The molecule has 0 atom stereocenters. The van der Waals surface area contributed by atoms with Gasteiger partial charge in [-0.3, -0.25) is 4.79 Å². The van der Waals surface area contributed by atoms with E-state index in [1.54, 1.807) is 18.2 Å². The first-order chi connectivity index (χ1) is 15.8. The lowest BCUT2D eigenvalue weighted by molar-refractivity contribution is 0.0711. The van der Waals surface area contributed by atoms with Gasteiger partial charge in [0.25, 0.3) is 5.91 Å². The van der Waals surface area contributed by atoms with Crippen LogP contribution in [0.1, 0.15) is 67.1 Å². The van der Waals surface area contributed by atoms with Crippen LogP contribution >= 0.6 is 0 Å². The Hall–Kier alpha value is -3.42. The Morgan fingerprint density at radius 1 is 1.09 bits per heavy atom. The molecule has 0 aliphatic carbocycles. The third-order valence-corrected chi connectivity index (χ3v) is 6.17. The second kappa shape index (κ2) is 8.17. The number of hydrogen-bond donors (Lipinski definition) is 0. The lowest BCUT2D eigenvalue weighted by Gasteiger charge is -2.33. The van der Waals surface area contributed by atoms with Crippen LogP contribution in [-0.2, 0) is 5.41 Å². The first-order valence-corrected chi connectivity index (χ1v) is 11.3. The number of hydrogen-bond acceptors (Lipinski definition) is 7. The van der Waals surface area contributed by atoms with Crippen molar-refractivity contribution in [1.29, 1.82) is 0 Å². The summed E-state index contributed by atoms with van der Waals surface area (Å²) in [6.07, 6.45) is 3.49. The zero-order valence-electron chi connectivity index (χ0n) is 19.4. The highest BCUT2D eigenvalue weighted by Gasteiger charge is 2.30. The van der Waals surface area contributed by atoms with Crippen molar-refractivity contribution in [2.45, 2.75) is 51.9 Å². The van der Waals surface area contributed by atoms with Crippen LogP contribution in [0.15, 0.2) is 35.0 Å². The van der Waals surface area contributed by atoms with E-state index in [4.69, 9.17) is 19.0 Å². The van der Waals surface area contributed by atoms with E-state index in [2.05, 4.69) is 30.9 Å². The van der Waals surface area contributed by atoms with E-state index in [1.807, 2.05) is 24.1 Å². The Balaban J connectivity index is 1.37. The van der Waals surface area contributed by atoms with Gasteiger partial charge in [0.2, 0.25) is 6.79 Å². The minimum Gasteiger partial charge on any atom is -0.454 e. The van der Waals surface area contributed by atoms with E-state index >= 15 is 0 Å². The highest BCUT2D eigenvalue weighted by atomic mass is 16.7. The third kappa shape index (κ3) is 4.17. The molecule has 0 bridgehead atoms. The molecule has 1 aromatic carbocycles. The lowest BCUT2D eigenvalue weighted by Crippen LogP contribution is -2.38. The molecule has 1 fully saturated rings. The average Bonchev–Trinajstić information content (AvgIpc) is 3.46. The molecule has 0 saturated carbocycles. The van der Waals surface area contributed by atoms with Gasteiger partial charge in [0.15, 0.2) is 17.3 Å². The maximum Gasteiger partial charge on any atom is 0.253 e. The number of carbonyl (C=O) groups is 1. The summed E-state index contributed by atoms with van der Waals surface area (Å²) in [6, 6.07) is 7.27. The van der Waals surface area contributed by atoms with Crippen LogP contribution in [0.2, 0.25) is 0 Å². The quantitative estimate of drug-likeness (QED) is 0.583. The van der Waals surface area contributed by atoms with Gasteiger partial charge in [0, 0.05) is 42.2 Å². The Bertz CT molecular complexity index is 1190. The number of fused-ring (bicyclic) bond motifs is 1. The topological polar surface area (TPSA) is 90.6 Å². The zero-order chi connectivity index (χ0) is 23.2. The Labute approximate surface area is 192 Å². The van der Waals surface area contributed by atoms with Gasteiger partial charge in [-0.05, 0) is 38.0 Å². The number of ether oxygens (including phenoxy) is 2. The van der Waals surface area contributed by atoms with Crippen molar-refractivity contribution in [3.8, 4) is 22.8 Å². The summed E-state index contributed by atoms with van der Waals surface area (Å²) in [5, 5.41) is 4.04. The van der Waals surface area contributed by atoms with Crippen LogP contribution in [0.4, 0.5) is 0 Å². The van der Waals surface area contributed by atoms with Gasteiger partial charge >= 0.3 is 0 Å². The van der Waals surface area contributed by atoms with Crippen LogP contribution in [0.25, 0.3) is 11.3 Å². The van der Waals surface area contributed by atoms with Crippen LogP contribution in [0.5, 0.6) is 11.5 Å². The molecular formula is C25H28N4O4. The molecule has 8 heteroatoms. The average molecular weight is 449 g/mol. The molecule has 33 heavy (non-hydrogen) atoms. The SMILES string of the molecule is Cc1cc(-c2cnc(C(C)(C)C)nc2C2CCN(C(=O)c3ccc4c(c3)OCO4)CC2)on1. The van der Waals surface area contributed by atoms with Gasteiger partial charge in [0.1, 0.15) is 5.82 Å². The number of rotatable bonds is 3. The summed E-state index contributed by atoms with van der Waals surface area (Å²) in [4.78, 5) is 24.6. The van der Waals surface area contributed by atoms with Gasteiger partial charge in [-0.2, -0.15) is 0 Å². The highest BCUT2D eigenvalue weighted by Crippen LogP contribution is 2.37. The van der Waals surface area contributed by atoms with Gasteiger partial charge in [-0.25, -0.2) is 9.97 Å². The molecule has 0 N–H and O–H groups in total. The standard InChI is InChI=1S/C25H28N4O4/c1-15-11-20(33-28-15)18-13-26-24(25(2,3)4)27-22(18)16-7-9-29(10-8-16)23(30)17-5-6-19-21(12-17)32-14-31-19/h5-6,11-13,16H,7-10,14H2,1-4H3. The van der Waals surface area contributed by atoms with Crippen molar-refractivity contribution in [2.24, 2.45) is 0 Å². The molecule has 5 rings (SSSR count). The van der Waals surface area contributed by atoms with Gasteiger partial charge in [-0.1, -0.05) is 25.9 Å². The second-order valence-electron chi connectivity index (χ2n) is 9.71. The fourth-order valence-electron chi connectivity index (χ4n) is 4.32. The number of likely N-dealkylation sites (tertiary alicyclic amines) is 1. The van der Waals surface area contributed by atoms with Crippen molar-refractivity contribution in [1.82, 2.24) is 20.0 Å². The molecule has 0 radical (unpaired) electrons. The molecule has 1 saturated heterocycles. The normalized spacial score (nSPS) is 16.3. The van der Waals surface area contributed by atoms with Crippen LogP contribution in [0, 0.1) is 6.92 Å². The summed E-state index contributed by atoms with van der Waals surface area (Å²) in [7, 11) is 0. The van der Waals surface area contributed by atoms with E-state index in [0.717, 1.165) is 35.6 Å². The number of benzene rings is 1. The van der Waals surface area contributed by atoms with E-state index < -0.39 is 0 Å². The van der Waals surface area contributed by atoms with Gasteiger partial charge in [0.05, 0.1) is 17.0 Å². The molecule has 0 unspecified atom stereocenters. The number of aryl methyl sites for hydroxylation is 1. The summed E-state index contributed by atoms with van der Waals surface area (Å²) in [6.45, 7) is 9.73. The predicted octanol–water partition coefficient (Wildman–Crippen LogP) is 4.49. The smallest absolute Gasteiger partial charge is 0.253 e. The minimum atomic E-state index is -0.166. The van der Waals surface area contributed by atoms with Gasteiger partial charge in [-0.15, -0.1) is 0 Å². The van der Waals surface area contributed by atoms with Crippen molar-refractivity contribution in [3.05, 3.63) is 53.2 Å². The van der Waals surface area contributed by atoms with Gasteiger partial charge < -0.3 is 18.9 Å². The Kier molecular flexibility index (Phi) is 5.31. The molecule has 2 aliphatic heterocycles. The maximum atomic E-state index is 13.1. The molecule has 172 valence electrons. The third-order valence-electron chi connectivity index (χ3n) is 6.17. The highest BCUT2D eigenvalue weighted by molar-refractivity contribution is 5.95. The van der Waals surface area contributed by atoms with Crippen LogP contribution in [0.3, 0.4) is 0 Å². The Morgan fingerprint density at radius 3 is 2.55 bits per heavy atom. The molecule has 4 heterocycles. The summed E-state index contributed by atoms with van der Waals surface area (Å²) >= 11 is 0. The molecule has 3 aromatic rings. The molecule has 2 aromatic heterocycles. The van der Waals surface area contributed by atoms with E-state index in [9.17, 15) is 4.79 Å². The predicted molar refractivity (Wildman–Crippen MR) is 121 cm³/mol. The van der Waals surface area contributed by atoms with Crippen LogP contribution < -0.4 is 9.47 Å². The first kappa shape index (κ1) is 21.4. The second-order valence-corrected chi connectivity index (χ2v) is 9.71. The van der Waals surface area contributed by atoms with Crippen molar-refractivity contribution in [2.75, 3.05) is 19.9 Å². The molecule has 1 amide bonds. The number of nitrogens with zero attached hydrogens (tertiary/aromatic N) is 4. The van der Waals surface area contributed by atoms with Crippen molar-refractivity contribution < 1.29 is 18.8 Å². The Morgan fingerprint density at radius 2 is 1.85 bits per heavy atom. The zero-order valence-corrected chi connectivity index (χ0v) is 19.4. The monoisotopic (exact) mass is 448 g/mol. The number of aromatic nitrogens is 3. The van der Waals surface area contributed by atoms with E-state index in [0.29, 0.717) is 35.9 Å².